The lowest BCUT2D eigenvalue weighted by Gasteiger charge is -2.10. The minimum atomic E-state index is -4.49. The van der Waals surface area contributed by atoms with Crippen LogP contribution in [0.4, 0.5) is 18.9 Å². The van der Waals surface area contributed by atoms with Gasteiger partial charge in [0.15, 0.2) is 17.2 Å². The van der Waals surface area contributed by atoms with Gasteiger partial charge in [-0.3, -0.25) is 4.79 Å². The third kappa shape index (κ3) is 4.72. The number of anilines is 1. The lowest BCUT2D eigenvalue weighted by molar-refractivity contribution is -0.137. The largest absolute Gasteiger partial charge is 0.503 e. The maximum Gasteiger partial charge on any atom is 0.416 e. The smallest absolute Gasteiger partial charge is 0.416 e. The summed E-state index contributed by atoms with van der Waals surface area (Å²) in [5.41, 5.74) is -0.825. The molecule has 2 N–H and O–H groups in total. The quantitative estimate of drug-likeness (QED) is 0.659. The number of aromatic hydroxyl groups is 1. The maximum absolute atomic E-state index is 12.8. The summed E-state index contributed by atoms with van der Waals surface area (Å²) in [4.78, 5) is 20.0. The zero-order valence-electron chi connectivity index (χ0n) is 14.9. The number of hydrogen-bond acceptors (Lipinski definition) is 6. The molecule has 1 aromatic carbocycles. The zero-order chi connectivity index (χ0) is 21.0. The Balaban J connectivity index is 1.70. The number of aromatic nitrogens is 2. The topological polar surface area (TPSA) is 93.6 Å². The van der Waals surface area contributed by atoms with E-state index in [2.05, 4.69) is 15.3 Å². The molecule has 0 saturated carbocycles. The standard InChI is InChI=1S/C19H14F3N3O4/c1-28-14-7-8-23-16(17(14)26)18(27)25-12-5-6-15(24-10-12)29-13-4-2-3-11(9-13)19(20,21)22/h2-10,26H,1H3,(H,25,27). The monoisotopic (exact) mass is 405 g/mol. The second-order valence-electron chi connectivity index (χ2n) is 5.68. The number of alkyl halides is 3. The number of carbonyl (C=O) groups is 1. The number of carbonyl (C=O) groups excluding carboxylic acids is 1. The minimum absolute atomic E-state index is 0.0321. The molecule has 7 nitrogen and oxygen atoms in total. The molecule has 0 fully saturated rings. The molecule has 0 aliphatic carbocycles. The number of methoxy groups -OCH3 is 1. The van der Waals surface area contributed by atoms with Crippen LogP contribution in [0.1, 0.15) is 16.1 Å². The van der Waals surface area contributed by atoms with Crippen molar-refractivity contribution in [1.82, 2.24) is 9.97 Å². The van der Waals surface area contributed by atoms with Crippen molar-refractivity contribution in [2.75, 3.05) is 12.4 Å². The van der Waals surface area contributed by atoms with Crippen molar-refractivity contribution in [3.8, 4) is 23.1 Å². The van der Waals surface area contributed by atoms with Crippen molar-refractivity contribution in [3.63, 3.8) is 0 Å². The zero-order valence-corrected chi connectivity index (χ0v) is 14.9. The number of benzene rings is 1. The number of amides is 1. The van der Waals surface area contributed by atoms with Crippen LogP contribution in [0.15, 0.2) is 54.9 Å². The fourth-order valence-electron chi connectivity index (χ4n) is 2.33. The van der Waals surface area contributed by atoms with E-state index in [-0.39, 0.29) is 28.8 Å². The Labute approximate surface area is 162 Å². The lowest BCUT2D eigenvalue weighted by Crippen LogP contribution is -2.14. The molecule has 2 aromatic heterocycles. The van der Waals surface area contributed by atoms with Gasteiger partial charge in [0.2, 0.25) is 5.88 Å². The van der Waals surface area contributed by atoms with Gasteiger partial charge in [-0.1, -0.05) is 6.07 Å². The fourth-order valence-corrected chi connectivity index (χ4v) is 2.33. The minimum Gasteiger partial charge on any atom is -0.503 e. The Morgan fingerprint density at radius 2 is 1.93 bits per heavy atom. The molecule has 0 saturated heterocycles. The van der Waals surface area contributed by atoms with Gasteiger partial charge in [0.25, 0.3) is 5.91 Å². The Kier molecular flexibility index (Phi) is 5.53. The van der Waals surface area contributed by atoms with Crippen LogP contribution in [0.25, 0.3) is 0 Å². The summed E-state index contributed by atoms with van der Waals surface area (Å²) in [7, 11) is 1.34. The predicted molar refractivity (Wildman–Crippen MR) is 96.2 cm³/mol. The molecule has 150 valence electrons. The third-order valence-corrected chi connectivity index (χ3v) is 3.70. The van der Waals surface area contributed by atoms with Crippen LogP contribution in [-0.2, 0) is 6.18 Å². The summed E-state index contributed by atoms with van der Waals surface area (Å²) in [5, 5.41) is 12.4. The highest BCUT2D eigenvalue weighted by Gasteiger charge is 2.30. The maximum atomic E-state index is 12.8. The lowest BCUT2D eigenvalue weighted by atomic mass is 10.2. The van der Waals surface area contributed by atoms with E-state index < -0.39 is 23.4 Å². The van der Waals surface area contributed by atoms with E-state index in [4.69, 9.17) is 9.47 Å². The molecular weight excluding hydrogens is 391 g/mol. The van der Waals surface area contributed by atoms with Gasteiger partial charge in [0, 0.05) is 18.3 Å². The number of nitrogens with zero attached hydrogens (tertiary/aromatic N) is 2. The van der Waals surface area contributed by atoms with Gasteiger partial charge < -0.3 is 19.9 Å². The van der Waals surface area contributed by atoms with E-state index in [9.17, 15) is 23.1 Å². The first-order chi connectivity index (χ1) is 13.8. The number of nitrogens with one attached hydrogen (secondary N) is 1. The molecular formula is C19H14F3N3O4. The highest BCUT2D eigenvalue weighted by molar-refractivity contribution is 6.05. The first kappa shape index (κ1) is 19.9. The Bertz CT molecular complexity index is 1020. The van der Waals surface area contributed by atoms with E-state index in [1.165, 1.54) is 49.8 Å². The molecule has 2 heterocycles. The SMILES string of the molecule is COc1ccnc(C(=O)Nc2ccc(Oc3cccc(C(F)(F)F)c3)nc2)c1O. The van der Waals surface area contributed by atoms with Gasteiger partial charge in [-0.05, 0) is 24.3 Å². The van der Waals surface area contributed by atoms with E-state index in [1.54, 1.807) is 0 Å². The highest BCUT2D eigenvalue weighted by atomic mass is 19.4. The summed E-state index contributed by atoms with van der Waals surface area (Å²) in [6, 6.07) is 8.58. The van der Waals surface area contributed by atoms with Crippen LogP contribution in [0.3, 0.4) is 0 Å². The number of rotatable bonds is 5. The Morgan fingerprint density at radius 3 is 2.59 bits per heavy atom. The van der Waals surface area contributed by atoms with E-state index in [0.29, 0.717) is 0 Å². The number of ether oxygens (including phenoxy) is 2. The molecule has 0 unspecified atom stereocenters. The Morgan fingerprint density at radius 1 is 1.14 bits per heavy atom. The van der Waals surface area contributed by atoms with E-state index >= 15 is 0 Å². The van der Waals surface area contributed by atoms with Crippen molar-refractivity contribution < 1.29 is 32.5 Å². The molecule has 0 atom stereocenters. The first-order valence-corrected chi connectivity index (χ1v) is 8.12. The van der Waals surface area contributed by atoms with Crippen LogP contribution in [0.5, 0.6) is 23.1 Å². The van der Waals surface area contributed by atoms with Crippen LogP contribution in [0, 0.1) is 0 Å². The number of halogens is 3. The summed E-state index contributed by atoms with van der Waals surface area (Å²) in [5.74, 6) is -1.02. The fraction of sp³-hybridized carbons (Fsp3) is 0.105. The van der Waals surface area contributed by atoms with Gasteiger partial charge in [-0.15, -0.1) is 0 Å². The molecule has 0 spiro atoms. The average Bonchev–Trinajstić information content (AvgIpc) is 2.69. The molecule has 3 aromatic rings. The first-order valence-electron chi connectivity index (χ1n) is 8.12. The van der Waals surface area contributed by atoms with Crippen LogP contribution in [0.2, 0.25) is 0 Å². The molecule has 1 amide bonds. The van der Waals surface area contributed by atoms with Gasteiger partial charge in [0.05, 0.1) is 24.6 Å². The number of hydrogen-bond donors (Lipinski definition) is 2. The van der Waals surface area contributed by atoms with Crippen LogP contribution in [-0.4, -0.2) is 28.1 Å². The molecule has 0 aliphatic heterocycles. The predicted octanol–water partition coefficient (Wildman–Crippen LogP) is 4.25. The van der Waals surface area contributed by atoms with Crippen LogP contribution < -0.4 is 14.8 Å². The van der Waals surface area contributed by atoms with Crippen molar-refractivity contribution in [3.05, 3.63) is 66.1 Å². The molecule has 0 bridgehead atoms. The van der Waals surface area contributed by atoms with E-state index in [1.807, 2.05) is 0 Å². The van der Waals surface area contributed by atoms with Gasteiger partial charge in [-0.25, -0.2) is 9.97 Å². The summed E-state index contributed by atoms with van der Waals surface area (Å²) < 4.78 is 48.5. The van der Waals surface area contributed by atoms with Crippen molar-refractivity contribution in [2.24, 2.45) is 0 Å². The molecule has 3 rings (SSSR count). The van der Waals surface area contributed by atoms with Gasteiger partial charge >= 0.3 is 6.18 Å². The van der Waals surface area contributed by atoms with Gasteiger partial charge in [-0.2, -0.15) is 13.2 Å². The number of pyridine rings is 2. The highest BCUT2D eigenvalue weighted by Crippen LogP contribution is 2.32. The Hall–Kier alpha value is -3.82. The van der Waals surface area contributed by atoms with Crippen LogP contribution >= 0.6 is 0 Å². The molecule has 0 radical (unpaired) electrons. The summed E-state index contributed by atoms with van der Waals surface area (Å²) in [6.07, 6.45) is -1.93. The molecule has 10 heteroatoms. The summed E-state index contributed by atoms with van der Waals surface area (Å²) in [6.45, 7) is 0. The normalized spacial score (nSPS) is 11.0. The second-order valence-corrected chi connectivity index (χ2v) is 5.68. The van der Waals surface area contributed by atoms with Crippen molar-refractivity contribution >= 4 is 11.6 Å². The van der Waals surface area contributed by atoms with E-state index in [0.717, 1.165) is 12.1 Å². The van der Waals surface area contributed by atoms with Crippen molar-refractivity contribution in [2.45, 2.75) is 6.18 Å². The van der Waals surface area contributed by atoms with Gasteiger partial charge in [0.1, 0.15) is 5.75 Å². The second kappa shape index (κ2) is 8.05. The van der Waals surface area contributed by atoms with Crippen molar-refractivity contribution in [1.29, 1.82) is 0 Å². The average molecular weight is 405 g/mol. The molecule has 0 aliphatic rings. The summed E-state index contributed by atoms with van der Waals surface area (Å²) >= 11 is 0. The third-order valence-electron chi connectivity index (χ3n) is 3.70. The molecule has 29 heavy (non-hydrogen) atoms.